The second-order valence-corrected chi connectivity index (χ2v) is 1.07. The van der Waals surface area contributed by atoms with Crippen molar-refractivity contribution >= 4 is 0 Å². The lowest BCUT2D eigenvalue weighted by atomic mass is 10.8. The van der Waals surface area contributed by atoms with Gasteiger partial charge in [-0.1, -0.05) is 0 Å². The Balaban J connectivity index is 3.00. The van der Waals surface area contributed by atoms with Crippen LogP contribution in [0.5, 0.6) is 0 Å². The van der Waals surface area contributed by atoms with Crippen LogP contribution in [0.2, 0.25) is 0 Å². The van der Waals surface area contributed by atoms with E-state index in [1.165, 1.54) is 0 Å². The molecule has 0 aromatic carbocycles. The van der Waals surface area contributed by atoms with Crippen LogP contribution >= 0.6 is 0 Å². The number of rotatable bonds is 3. The smallest absolute Gasteiger partial charge is 0.233 e. The van der Waals surface area contributed by atoms with Gasteiger partial charge in [-0.25, -0.2) is 4.84 Å². The molecule has 0 aromatic rings. The lowest BCUT2D eigenvalue weighted by molar-refractivity contribution is -0.800. The van der Waals surface area contributed by atoms with Crippen LogP contribution in [0.4, 0.5) is 0 Å². The van der Waals surface area contributed by atoms with Crippen LogP contribution < -0.4 is 0 Å². The Labute approximate surface area is 42.8 Å². The second-order valence-electron chi connectivity index (χ2n) is 1.07. The van der Waals surface area contributed by atoms with E-state index in [-0.39, 0.29) is 0 Å². The van der Waals surface area contributed by atoms with Gasteiger partial charge in [0.1, 0.15) is 0 Å². The first-order valence-electron chi connectivity index (χ1n) is 2.38. The lowest BCUT2D eigenvalue weighted by Gasteiger charge is -1.82. The van der Waals surface area contributed by atoms with Crippen molar-refractivity contribution in [3.8, 4) is 0 Å². The summed E-state index contributed by atoms with van der Waals surface area (Å²) in [6.07, 6.45) is 0. The summed E-state index contributed by atoms with van der Waals surface area (Å²) >= 11 is 0. The van der Waals surface area contributed by atoms with Gasteiger partial charge in [-0.2, -0.15) is 0 Å². The van der Waals surface area contributed by atoms with Gasteiger partial charge >= 0.3 is 0 Å². The summed E-state index contributed by atoms with van der Waals surface area (Å²) < 4.78 is 0. The zero-order valence-electron chi connectivity index (χ0n) is 4.68. The maximum absolute atomic E-state index is 10.1. The van der Waals surface area contributed by atoms with Crippen molar-refractivity contribution in [2.45, 2.75) is 13.8 Å². The molecule has 0 saturated heterocycles. The highest BCUT2D eigenvalue weighted by Crippen LogP contribution is 1.72. The van der Waals surface area contributed by atoms with E-state index in [0.717, 1.165) is 0 Å². The van der Waals surface area contributed by atoms with Gasteiger partial charge in [0.05, 0.1) is 4.91 Å². The van der Waals surface area contributed by atoms with Crippen LogP contribution in [0.25, 0.3) is 0 Å². The van der Waals surface area contributed by atoms with Gasteiger partial charge in [0.15, 0.2) is 6.61 Å². The van der Waals surface area contributed by atoms with Crippen LogP contribution in [0, 0.1) is 4.91 Å². The molecule has 0 rings (SSSR count). The summed E-state index contributed by atoms with van der Waals surface area (Å²) in [6, 6.07) is 0. The molecule has 7 heavy (non-hydrogen) atoms. The van der Waals surface area contributed by atoms with Crippen molar-refractivity contribution in [3.63, 3.8) is 0 Å². The van der Waals surface area contributed by atoms with Crippen LogP contribution in [-0.2, 0) is 4.84 Å². The molecule has 0 N–H and O–H groups in total. The van der Waals surface area contributed by atoms with Gasteiger partial charge in [-0.3, -0.25) is 0 Å². The predicted octanol–water partition coefficient (Wildman–Crippen LogP) is 0.737. The minimum atomic E-state index is 0.397. The molecular formula is C4H10NO2+. The van der Waals surface area contributed by atoms with Crippen molar-refractivity contribution in [1.29, 1.82) is 0 Å². The summed E-state index contributed by atoms with van der Waals surface area (Å²) in [4.78, 5) is 15.1. The predicted molar refractivity (Wildman–Crippen MR) is 25.8 cm³/mol. The third-order valence-corrected chi connectivity index (χ3v) is 0.531. The lowest BCUT2D eigenvalue weighted by Crippen LogP contribution is -2.06. The van der Waals surface area contributed by atoms with Crippen LogP contribution in [0.1, 0.15) is 13.8 Å². The molecule has 0 unspecified atom stereocenters. The Morgan fingerprint density at radius 1 is 1.57 bits per heavy atom. The molecule has 0 saturated carbocycles. The Kier molecular flexibility index (Phi) is 3.28. The first kappa shape index (κ1) is 6.40. The normalized spacial score (nSPS) is 8.29. The molecule has 0 heterocycles. The van der Waals surface area contributed by atoms with Crippen LogP contribution in [0.15, 0.2) is 0 Å². The van der Waals surface area contributed by atoms with Gasteiger partial charge in [-0.05, 0) is 6.92 Å². The molecule has 0 radical (unpaired) electrons. The molecule has 0 bridgehead atoms. The molecule has 0 aliphatic carbocycles. The fraction of sp³-hybridized carbons (Fsp3) is 1.00. The zero-order valence-corrected chi connectivity index (χ0v) is 4.68. The van der Waals surface area contributed by atoms with E-state index in [1.807, 2.05) is 0 Å². The fourth-order valence-corrected chi connectivity index (χ4v) is 0.235. The molecule has 0 atom stereocenters. The summed E-state index contributed by atoms with van der Waals surface area (Å²) in [5, 5.41) is 0. The highest BCUT2D eigenvalue weighted by Gasteiger charge is 1.98. The number of nitrogens with zero attached hydrogens (tertiary/aromatic N) is 1. The monoisotopic (exact) mass is 104 g/mol. The third-order valence-electron chi connectivity index (χ3n) is 0.531. The van der Waals surface area contributed by atoms with E-state index in [4.69, 9.17) is 0 Å². The van der Waals surface area contributed by atoms with Gasteiger partial charge in [-0.15, -0.1) is 0 Å². The first-order chi connectivity index (χ1) is 3.31. The molecule has 0 amide bonds. The van der Waals surface area contributed by atoms with Gasteiger partial charge in [0.25, 0.3) is 0 Å². The molecule has 0 spiro atoms. The largest absolute Gasteiger partial charge is 0.245 e. The Hall–Kier alpha value is -0.600. The van der Waals surface area contributed by atoms with Gasteiger partial charge in [0.2, 0.25) is 11.5 Å². The summed E-state index contributed by atoms with van der Waals surface area (Å²) in [5.41, 5.74) is 0. The fourth-order valence-electron chi connectivity index (χ4n) is 0.235. The maximum Gasteiger partial charge on any atom is 0.245 e. The molecule has 0 aromatic heterocycles. The van der Waals surface area contributed by atoms with Crippen molar-refractivity contribution < 1.29 is 9.76 Å². The van der Waals surface area contributed by atoms with E-state index in [1.54, 1.807) is 13.8 Å². The molecule has 0 aliphatic rings. The average Bonchev–Trinajstić information content (AvgIpc) is 1.68. The second kappa shape index (κ2) is 3.59. The van der Waals surface area contributed by atoms with Gasteiger partial charge in [0, 0.05) is 6.92 Å². The van der Waals surface area contributed by atoms with Crippen LogP contribution in [0.3, 0.4) is 0 Å². The molecular weight excluding hydrogens is 94.0 g/mol. The quantitative estimate of drug-likeness (QED) is 0.494. The van der Waals surface area contributed by atoms with Crippen LogP contribution in [-0.4, -0.2) is 18.1 Å². The highest BCUT2D eigenvalue weighted by atomic mass is 16.8. The van der Waals surface area contributed by atoms with Gasteiger partial charge < -0.3 is 0 Å². The first-order valence-corrected chi connectivity index (χ1v) is 2.38. The summed E-state index contributed by atoms with van der Waals surface area (Å²) in [7, 11) is 0. The Bertz CT molecular complexity index is 62.7. The molecule has 0 fully saturated rings. The molecule has 3 nitrogen and oxygen atoms in total. The maximum atomic E-state index is 10.1. The molecule has 3 heteroatoms. The summed E-state index contributed by atoms with van der Waals surface area (Å²) in [5.74, 6) is 0. The Morgan fingerprint density at radius 2 is 2.14 bits per heavy atom. The van der Waals surface area contributed by atoms with Crippen molar-refractivity contribution in [2.75, 3.05) is 13.2 Å². The average molecular weight is 104 g/mol. The molecule has 42 valence electrons. The van der Waals surface area contributed by atoms with E-state index < -0.39 is 0 Å². The molecule has 0 aliphatic heterocycles. The van der Waals surface area contributed by atoms with E-state index in [9.17, 15) is 4.91 Å². The minimum absolute atomic E-state index is 0.397. The standard InChI is InChI=1S/C4H10NO2/c1-3-5(6)7-4-2/h3-4H2,1-2H3/q+1. The SMILES string of the molecule is CCO[N+](=O)CC. The number of hydrogen-bond acceptors (Lipinski definition) is 2. The highest BCUT2D eigenvalue weighted by molar-refractivity contribution is 3.97. The van der Waals surface area contributed by atoms with E-state index in [2.05, 4.69) is 4.84 Å². The third kappa shape index (κ3) is 3.22. The van der Waals surface area contributed by atoms with Crippen molar-refractivity contribution in [1.82, 2.24) is 0 Å². The summed E-state index contributed by atoms with van der Waals surface area (Å²) in [6.45, 7) is 4.37. The topological polar surface area (TPSA) is 29.3 Å². The zero-order chi connectivity index (χ0) is 5.70. The van der Waals surface area contributed by atoms with E-state index in [0.29, 0.717) is 18.1 Å². The number of hydrogen-bond donors (Lipinski definition) is 0. The van der Waals surface area contributed by atoms with Crippen molar-refractivity contribution in [2.24, 2.45) is 0 Å². The Morgan fingerprint density at radius 3 is 2.29 bits per heavy atom. The van der Waals surface area contributed by atoms with E-state index >= 15 is 0 Å². The van der Waals surface area contributed by atoms with Crippen molar-refractivity contribution in [3.05, 3.63) is 4.91 Å². The minimum Gasteiger partial charge on any atom is -0.233 e.